The highest BCUT2D eigenvalue weighted by Gasteiger charge is 2.20. The van der Waals surface area contributed by atoms with Gasteiger partial charge in [-0.1, -0.05) is 26.2 Å². The van der Waals surface area contributed by atoms with E-state index in [1.807, 2.05) is 0 Å². The van der Waals surface area contributed by atoms with Crippen LogP contribution in [0.3, 0.4) is 0 Å². The van der Waals surface area contributed by atoms with Gasteiger partial charge in [-0.25, -0.2) is 0 Å². The normalized spacial score (nSPS) is 21.1. The van der Waals surface area contributed by atoms with Gasteiger partial charge < -0.3 is 5.32 Å². The summed E-state index contributed by atoms with van der Waals surface area (Å²) in [6.45, 7) is 5.99. The van der Waals surface area contributed by atoms with Gasteiger partial charge in [0.2, 0.25) is 5.91 Å². The Morgan fingerprint density at radius 1 is 1.43 bits per heavy atom. The minimum Gasteiger partial charge on any atom is -0.354 e. The van der Waals surface area contributed by atoms with Gasteiger partial charge in [0.05, 0.1) is 0 Å². The zero-order chi connectivity index (χ0) is 10.6. The van der Waals surface area contributed by atoms with Crippen LogP contribution in [0.5, 0.6) is 0 Å². The highest BCUT2D eigenvalue weighted by molar-refractivity contribution is 5.73. The zero-order valence-corrected chi connectivity index (χ0v) is 9.68. The number of carbonyl (C=O) groups is 1. The fourth-order valence-electron chi connectivity index (χ4n) is 2.40. The zero-order valence-electron chi connectivity index (χ0n) is 9.68. The summed E-state index contributed by atoms with van der Waals surface area (Å²) < 4.78 is 0. The molecule has 0 aliphatic heterocycles. The lowest BCUT2D eigenvalue weighted by molar-refractivity contribution is -0.119. The topological polar surface area (TPSA) is 29.1 Å². The van der Waals surface area contributed by atoms with Crippen LogP contribution in [0.4, 0.5) is 0 Å². The van der Waals surface area contributed by atoms with E-state index in [1.165, 1.54) is 25.7 Å². The maximum Gasteiger partial charge on any atom is 0.217 e. The molecule has 0 heterocycles. The molecule has 0 bridgehead atoms. The predicted molar refractivity (Wildman–Crippen MR) is 59.0 cm³/mol. The van der Waals surface area contributed by atoms with E-state index >= 15 is 0 Å². The molecule has 0 saturated heterocycles. The van der Waals surface area contributed by atoms with Crippen LogP contribution >= 0.6 is 0 Å². The van der Waals surface area contributed by atoms with Crippen LogP contribution < -0.4 is 5.32 Å². The van der Waals surface area contributed by atoms with Crippen LogP contribution in [-0.4, -0.2) is 11.9 Å². The molecule has 1 aliphatic carbocycles. The monoisotopic (exact) mass is 197 g/mol. The quantitative estimate of drug-likeness (QED) is 0.721. The van der Waals surface area contributed by atoms with Crippen LogP contribution in [0.15, 0.2) is 0 Å². The summed E-state index contributed by atoms with van der Waals surface area (Å²) in [5.41, 5.74) is 0. The number of amides is 1. The summed E-state index contributed by atoms with van der Waals surface area (Å²) in [7, 11) is 0. The van der Waals surface area contributed by atoms with Crippen molar-refractivity contribution in [2.75, 3.05) is 0 Å². The van der Waals surface area contributed by atoms with Gasteiger partial charge in [0.1, 0.15) is 0 Å². The molecule has 1 fully saturated rings. The molecule has 14 heavy (non-hydrogen) atoms. The highest BCUT2D eigenvalue weighted by atomic mass is 16.1. The molecule has 1 N–H and O–H groups in total. The largest absolute Gasteiger partial charge is 0.354 e. The molecule has 1 amide bonds. The molecule has 0 spiro atoms. The van der Waals surface area contributed by atoms with Crippen molar-refractivity contribution in [3.63, 3.8) is 0 Å². The van der Waals surface area contributed by atoms with E-state index in [2.05, 4.69) is 19.2 Å². The van der Waals surface area contributed by atoms with E-state index in [0.29, 0.717) is 6.04 Å². The maximum atomic E-state index is 10.8. The van der Waals surface area contributed by atoms with Gasteiger partial charge in [-0.3, -0.25) is 4.79 Å². The Morgan fingerprint density at radius 3 is 2.50 bits per heavy atom. The lowest BCUT2D eigenvalue weighted by Crippen LogP contribution is -2.32. The molecule has 0 aromatic rings. The molecule has 82 valence electrons. The first kappa shape index (κ1) is 11.5. The number of hydrogen-bond donors (Lipinski definition) is 1. The molecule has 0 aromatic heterocycles. The van der Waals surface area contributed by atoms with Crippen molar-refractivity contribution in [3.05, 3.63) is 0 Å². The molecule has 0 aromatic carbocycles. The second-order valence-electron chi connectivity index (χ2n) is 4.98. The fourth-order valence-corrected chi connectivity index (χ4v) is 2.40. The summed E-state index contributed by atoms with van der Waals surface area (Å²) in [5.74, 6) is 1.82. The minimum absolute atomic E-state index is 0.0911. The predicted octanol–water partition coefficient (Wildman–Crippen LogP) is 2.73. The van der Waals surface area contributed by atoms with Gasteiger partial charge in [0.25, 0.3) is 0 Å². The van der Waals surface area contributed by atoms with Crippen LogP contribution in [0, 0.1) is 11.8 Å². The highest BCUT2D eigenvalue weighted by Crippen LogP contribution is 2.33. The van der Waals surface area contributed by atoms with Crippen molar-refractivity contribution < 1.29 is 4.79 Å². The average Bonchev–Trinajstić information content (AvgIpc) is 1.94. The Kier molecular flexibility index (Phi) is 4.43. The second-order valence-corrected chi connectivity index (χ2v) is 4.98. The van der Waals surface area contributed by atoms with Gasteiger partial charge in [-0.15, -0.1) is 0 Å². The van der Waals surface area contributed by atoms with Crippen molar-refractivity contribution in [2.24, 2.45) is 11.8 Å². The third-order valence-electron chi connectivity index (χ3n) is 3.17. The summed E-state index contributed by atoms with van der Waals surface area (Å²) >= 11 is 0. The van der Waals surface area contributed by atoms with Crippen molar-refractivity contribution in [2.45, 2.75) is 58.9 Å². The number of nitrogens with one attached hydrogen (secondary N) is 1. The van der Waals surface area contributed by atoms with Gasteiger partial charge >= 0.3 is 0 Å². The van der Waals surface area contributed by atoms with Crippen molar-refractivity contribution in [1.82, 2.24) is 5.32 Å². The Balaban J connectivity index is 2.11. The number of carbonyl (C=O) groups excluding carboxylic acids is 1. The van der Waals surface area contributed by atoms with E-state index in [4.69, 9.17) is 0 Å². The molecule has 2 unspecified atom stereocenters. The number of hydrogen-bond acceptors (Lipinski definition) is 1. The third kappa shape index (κ3) is 4.12. The molecule has 2 atom stereocenters. The Labute approximate surface area is 87.5 Å². The second kappa shape index (κ2) is 5.38. The van der Waals surface area contributed by atoms with Gasteiger partial charge in [0.15, 0.2) is 0 Å². The van der Waals surface area contributed by atoms with Crippen molar-refractivity contribution in [3.8, 4) is 0 Å². The first-order valence-electron chi connectivity index (χ1n) is 5.85. The molecule has 0 radical (unpaired) electrons. The molecular formula is C12H23NO. The molecule has 1 saturated carbocycles. The lowest BCUT2D eigenvalue weighted by atomic mass is 9.78. The van der Waals surface area contributed by atoms with Gasteiger partial charge in [-0.05, 0) is 31.6 Å². The Hall–Kier alpha value is -0.530. The lowest BCUT2D eigenvalue weighted by Gasteiger charge is -2.29. The van der Waals surface area contributed by atoms with Crippen LogP contribution in [-0.2, 0) is 4.79 Å². The summed E-state index contributed by atoms with van der Waals surface area (Å²) in [4.78, 5) is 10.8. The average molecular weight is 197 g/mol. The SMILES string of the molecule is CC(=O)NC(C)CC(C)CC1CCC1. The fraction of sp³-hybridized carbons (Fsp3) is 0.917. The van der Waals surface area contributed by atoms with Crippen molar-refractivity contribution >= 4 is 5.91 Å². The van der Waals surface area contributed by atoms with Gasteiger partial charge in [0, 0.05) is 13.0 Å². The van der Waals surface area contributed by atoms with E-state index in [9.17, 15) is 4.79 Å². The molecule has 2 heteroatoms. The van der Waals surface area contributed by atoms with E-state index in [1.54, 1.807) is 6.92 Å². The molecule has 2 nitrogen and oxygen atoms in total. The van der Waals surface area contributed by atoms with Gasteiger partial charge in [-0.2, -0.15) is 0 Å². The summed E-state index contributed by atoms with van der Waals surface area (Å²) in [6.07, 6.45) is 6.76. The number of rotatable bonds is 5. The van der Waals surface area contributed by atoms with E-state index in [0.717, 1.165) is 18.3 Å². The Bertz CT molecular complexity index is 187. The van der Waals surface area contributed by atoms with Crippen LogP contribution in [0.2, 0.25) is 0 Å². The van der Waals surface area contributed by atoms with Crippen LogP contribution in [0.1, 0.15) is 52.9 Å². The summed E-state index contributed by atoms with van der Waals surface area (Å²) in [5, 5.41) is 2.94. The van der Waals surface area contributed by atoms with E-state index < -0.39 is 0 Å². The standard InChI is InChI=1S/C12H23NO/c1-9(8-12-5-4-6-12)7-10(2)13-11(3)14/h9-10,12H,4-8H2,1-3H3,(H,13,14). The molecule has 1 rings (SSSR count). The van der Waals surface area contributed by atoms with Crippen molar-refractivity contribution in [1.29, 1.82) is 0 Å². The van der Waals surface area contributed by atoms with E-state index in [-0.39, 0.29) is 5.91 Å². The first-order chi connectivity index (χ1) is 6.58. The molecular weight excluding hydrogens is 174 g/mol. The first-order valence-corrected chi connectivity index (χ1v) is 5.85. The summed E-state index contributed by atoms with van der Waals surface area (Å²) in [6, 6.07) is 0.336. The van der Waals surface area contributed by atoms with Crippen LogP contribution in [0.25, 0.3) is 0 Å². The Morgan fingerprint density at radius 2 is 2.07 bits per heavy atom. The minimum atomic E-state index is 0.0911. The molecule has 1 aliphatic rings. The smallest absolute Gasteiger partial charge is 0.217 e. The third-order valence-corrected chi connectivity index (χ3v) is 3.17. The maximum absolute atomic E-state index is 10.8.